The lowest BCUT2D eigenvalue weighted by atomic mass is 9.99. The van der Waals surface area contributed by atoms with Gasteiger partial charge in [-0.15, -0.1) is 0 Å². The molecule has 0 fully saturated rings. The third kappa shape index (κ3) is 3.74. The van der Waals surface area contributed by atoms with Gasteiger partial charge in [0.1, 0.15) is 5.57 Å². The van der Waals surface area contributed by atoms with E-state index in [2.05, 4.69) is 15.9 Å². The first-order valence-corrected chi connectivity index (χ1v) is 6.78. The maximum Gasteiger partial charge on any atom is 0.339 e. The Bertz CT molecular complexity index is 578. The third-order valence-corrected chi connectivity index (χ3v) is 3.03. The van der Waals surface area contributed by atoms with Crippen LogP contribution in [0.1, 0.15) is 18.1 Å². The van der Waals surface area contributed by atoms with E-state index in [1.54, 1.807) is 6.07 Å². The number of nitro benzene ring substituents is 1. The molecule has 1 aromatic carbocycles. The van der Waals surface area contributed by atoms with E-state index in [0.717, 1.165) is 6.92 Å². The number of rotatable bonds is 6. The summed E-state index contributed by atoms with van der Waals surface area (Å²) < 4.78 is 0. The van der Waals surface area contributed by atoms with Gasteiger partial charge in [-0.2, -0.15) is 0 Å². The first-order chi connectivity index (χ1) is 9.38. The van der Waals surface area contributed by atoms with Crippen LogP contribution in [0.3, 0.4) is 0 Å². The average molecular weight is 342 g/mol. The quantitative estimate of drug-likeness (QED) is 0.214. The van der Waals surface area contributed by atoms with Crippen LogP contribution in [-0.2, 0) is 16.0 Å². The Balaban J connectivity index is 3.47. The van der Waals surface area contributed by atoms with E-state index in [4.69, 9.17) is 5.11 Å². The van der Waals surface area contributed by atoms with E-state index in [-0.39, 0.29) is 5.69 Å². The molecule has 1 N–H and O–H groups in total. The van der Waals surface area contributed by atoms with Crippen LogP contribution in [0.4, 0.5) is 5.69 Å². The third-order valence-electron chi connectivity index (χ3n) is 2.64. The second-order valence-corrected chi connectivity index (χ2v) is 4.75. The minimum Gasteiger partial charge on any atom is -0.478 e. The maximum atomic E-state index is 11.3. The lowest BCUT2D eigenvalue weighted by molar-refractivity contribution is -0.385. The summed E-state index contributed by atoms with van der Waals surface area (Å²) in [6.45, 7) is 1.14. The zero-order valence-electron chi connectivity index (χ0n) is 10.6. The number of alkyl halides is 1. The fourth-order valence-corrected chi connectivity index (χ4v) is 2.13. The summed E-state index contributed by atoms with van der Waals surface area (Å²) in [5, 5.41) is 20.4. The molecule has 0 amide bonds. The molecule has 0 bridgehead atoms. The average Bonchev–Trinajstić information content (AvgIpc) is 2.36. The molecular weight excluding hydrogens is 330 g/mol. The van der Waals surface area contributed by atoms with E-state index in [0.29, 0.717) is 22.9 Å². The van der Waals surface area contributed by atoms with Crippen molar-refractivity contribution in [2.45, 2.75) is 13.3 Å². The summed E-state index contributed by atoms with van der Waals surface area (Å²) in [5.74, 6) is -1.96. The fraction of sp³-hybridized carbons (Fsp3) is 0.231. The van der Waals surface area contributed by atoms with Crippen LogP contribution in [0.5, 0.6) is 0 Å². The predicted molar refractivity (Wildman–Crippen MR) is 76.9 cm³/mol. The smallest absolute Gasteiger partial charge is 0.339 e. The van der Waals surface area contributed by atoms with Crippen LogP contribution in [0.25, 0.3) is 6.08 Å². The van der Waals surface area contributed by atoms with Crippen molar-refractivity contribution in [1.82, 2.24) is 0 Å². The number of carboxylic acid groups (broad SMARTS) is 1. The van der Waals surface area contributed by atoms with Crippen molar-refractivity contribution in [3.05, 3.63) is 45.0 Å². The highest BCUT2D eigenvalue weighted by Crippen LogP contribution is 2.25. The minimum absolute atomic E-state index is 0.0912. The molecule has 0 aliphatic rings. The number of nitrogens with zero attached hydrogens (tertiary/aromatic N) is 1. The zero-order valence-corrected chi connectivity index (χ0v) is 12.2. The zero-order chi connectivity index (χ0) is 15.3. The Morgan fingerprint density at radius 1 is 1.45 bits per heavy atom. The number of benzene rings is 1. The van der Waals surface area contributed by atoms with Gasteiger partial charge in [0.2, 0.25) is 0 Å². The Hall–Kier alpha value is -2.02. The number of aliphatic carboxylic acids is 1. The van der Waals surface area contributed by atoms with Crippen molar-refractivity contribution in [3.8, 4) is 0 Å². The number of carbonyl (C=O) groups is 2. The topological polar surface area (TPSA) is 97.5 Å². The Morgan fingerprint density at radius 3 is 2.55 bits per heavy atom. The molecule has 0 aliphatic heterocycles. The molecule has 0 atom stereocenters. The van der Waals surface area contributed by atoms with Crippen LogP contribution in [0.15, 0.2) is 23.8 Å². The minimum atomic E-state index is -1.35. The van der Waals surface area contributed by atoms with Gasteiger partial charge < -0.3 is 5.11 Å². The molecule has 6 nitrogen and oxygen atoms in total. The largest absolute Gasteiger partial charge is 0.478 e. The summed E-state index contributed by atoms with van der Waals surface area (Å²) in [4.78, 5) is 32.8. The molecule has 0 saturated carbocycles. The normalized spacial score (nSPS) is 11.2. The summed E-state index contributed by atoms with van der Waals surface area (Å²) >= 11 is 3.20. The van der Waals surface area contributed by atoms with Gasteiger partial charge in [0.15, 0.2) is 5.78 Å². The highest BCUT2D eigenvalue weighted by molar-refractivity contribution is 9.09. The van der Waals surface area contributed by atoms with Gasteiger partial charge in [-0.3, -0.25) is 14.9 Å². The number of Topliss-reactive ketones (excluding diaryl/α,β-unsaturated/α-hetero) is 1. The van der Waals surface area contributed by atoms with E-state index < -0.39 is 22.2 Å². The van der Waals surface area contributed by atoms with Crippen molar-refractivity contribution < 1.29 is 19.6 Å². The van der Waals surface area contributed by atoms with Gasteiger partial charge in [0.25, 0.3) is 5.69 Å². The van der Waals surface area contributed by atoms with Crippen LogP contribution in [0.2, 0.25) is 0 Å². The first-order valence-electron chi connectivity index (χ1n) is 5.66. The van der Waals surface area contributed by atoms with E-state index in [1.165, 1.54) is 18.2 Å². The SMILES string of the molecule is CC(=O)C(=Cc1cccc([N+](=O)[O-])c1CCBr)C(=O)O. The monoisotopic (exact) mass is 341 g/mol. The van der Waals surface area contributed by atoms with Crippen LogP contribution in [-0.4, -0.2) is 27.1 Å². The molecule has 0 spiro atoms. The molecule has 106 valence electrons. The van der Waals surface area contributed by atoms with Crippen molar-refractivity contribution in [3.63, 3.8) is 0 Å². The molecule has 20 heavy (non-hydrogen) atoms. The first kappa shape index (κ1) is 16.0. The molecule has 7 heteroatoms. The number of carbonyl (C=O) groups excluding carboxylic acids is 1. The van der Waals surface area contributed by atoms with Gasteiger partial charge in [-0.05, 0) is 25.0 Å². The molecule has 0 unspecified atom stereocenters. The number of halogens is 1. The summed E-state index contributed by atoms with van der Waals surface area (Å²) in [5.41, 5.74) is 0.272. The number of nitro groups is 1. The number of ketones is 1. The van der Waals surface area contributed by atoms with Crippen LogP contribution in [0, 0.1) is 10.1 Å². The molecule has 1 aromatic rings. The lowest BCUT2D eigenvalue weighted by Gasteiger charge is -2.06. The second-order valence-electron chi connectivity index (χ2n) is 3.96. The standard InChI is InChI=1S/C13H12BrNO5/c1-8(16)11(13(17)18)7-9-3-2-4-12(15(19)20)10(9)5-6-14/h2-4,7H,5-6H2,1H3,(H,17,18). The van der Waals surface area contributed by atoms with Crippen LogP contribution < -0.4 is 0 Å². The number of hydrogen-bond acceptors (Lipinski definition) is 4. The van der Waals surface area contributed by atoms with Crippen LogP contribution >= 0.6 is 15.9 Å². The number of hydrogen-bond donors (Lipinski definition) is 1. The Morgan fingerprint density at radius 2 is 2.10 bits per heavy atom. The van der Waals surface area contributed by atoms with Crippen molar-refractivity contribution in [1.29, 1.82) is 0 Å². The molecule has 0 aliphatic carbocycles. The Kier molecular flexibility index (Phi) is 5.57. The summed E-state index contributed by atoms with van der Waals surface area (Å²) in [6.07, 6.45) is 1.53. The van der Waals surface area contributed by atoms with E-state index in [9.17, 15) is 19.7 Å². The van der Waals surface area contributed by atoms with Crippen molar-refractivity contribution >= 4 is 39.4 Å². The van der Waals surface area contributed by atoms with Gasteiger partial charge in [-0.25, -0.2) is 4.79 Å². The fourth-order valence-electron chi connectivity index (χ4n) is 1.73. The summed E-state index contributed by atoms with van der Waals surface area (Å²) in [7, 11) is 0. The predicted octanol–water partition coefficient (Wildman–Crippen LogP) is 2.59. The molecular formula is C13H12BrNO5. The van der Waals surface area contributed by atoms with Gasteiger partial charge in [0.05, 0.1) is 4.92 Å². The van der Waals surface area contributed by atoms with E-state index >= 15 is 0 Å². The van der Waals surface area contributed by atoms with Crippen molar-refractivity contribution in [2.75, 3.05) is 5.33 Å². The summed E-state index contributed by atoms with van der Waals surface area (Å²) in [6, 6.07) is 4.36. The second kappa shape index (κ2) is 6.95. The van der Waals surface area contributed by atoms with Gasteiger partial charge >= 0.3 is 5.97 Å². The highest BCUT2D eigenvalue weighted by Gasteiger charge is 2.18. The number of carboxylic acids is 1. The molecule has 0 aromatic heterocycles. The highest BCUT2D eigenvalue weighted by atomic mass is 79.9. The van der Waals surface area contributed by atoms with E-state index in [1.807, 2.05) is 0 Å². The lowest BCUT2D eigenvalue weighted by Crippen LogP contribution is -2.09. The maximum absolute atomic E-state index is 11.3. The molecule has 0 saturated heterocycles. The molecule has 1 rings (SSSR count). The van der Waals surface area contributed by atoms with Gasteiger partial charge in [0, 0.05) is 17.0 Å². The Labute approximate surface area is 123 Å². The van der Waals surface area contributed by atoms with Crippen molar-refractivity contribution in [2.24, 2.45) is 0 Å². The van der Waals surface area contributed by atoms with Gasteiger partial charge in [-0.1, -0.05) is 28.1 Å². The molecule has 0 radical (unpaired) electrons. The molecule has 0 heterocycles.